The van der Waals surface area contributed by atoms with E-state index < -0.39 is 15.6 Å². The number of ketones is 1. The topological polar surface area (TPSA) is 128 Å². The molecule has 2 heterocycles. The summed E-state index contributed by atoms with van der Waals surface area (Å²) in [6, 6.07) is 5.70. The molecule has 9 nitrogen and oxygen atoms in total. The average molecular weight is 454 g/mol. The first kappa shape index (κ1) is 21.8. The summed E-state index contributed by atoms with van der Waals surface area (Å²) < 4.78 is 31.6. The fourth-order valence-corrected chi connectivity index (χ4v) is 5.63. The number of ether oxygens (including phenoxy) is 1. The Kier molecular flexibility index (Phi) is 5.60. The van der Waals surface area contributed by atoms with Gasteiger partial charge in [-0.15, -0.1) is 6.42 Å². The minimum atomic E-state index is -3.58. The summed E-state index contributed by atoms with van der Waals surface area (Å²) in [5, 5.41) is 0. The van der Waals surface area contributed by atoms with E-state index in [4.69, 9.17) is 16.9 Å². The number of aromatic nitrogens is 2. The van der Waals surface area contributed by atoms with E-state index in [0.717, 1.165) is 33.8 Å². The number of fused-ring (bicyclic) bond motifs is 2. The van der Waals surface area contributed by atoms with Crippen LogP contribution in [0.4, 0.5) is 0 Å². The number of carbonyl (C=O) groups is 1. The van der Waals surface area contributed by atoms with Crippen molar-refractivity contribution in [3.63, 3.8) is 0 Å². The zero-order valence-electron chi connectivity index (χ0n) is 17.6. The van der Waals surface area contributed by atoms with Crippen LogP contribution in [0.5, 0.6) is 5.88 Å². The van der Waals surface area contributed by atoms with Crippen LogP contribution in [0.15, 0.2) is 35.6 Å². The minimum absolute atomic E-state index is 0.0204. The average Bonchev–Trinajstić information content (AvgIpc) is 2.77. The molecule has 2 N–H and O–H groups in total. The predicted molar refractivity (Wildman–Crippen MR) is 119 cm³/mol. The Bertz CT molecular complexity index is 1230. The van der Waals surface area contributed by atoms with Crippen molar-refractivity contribution in [1.82, 2.24) is 14.3 Å². The van der Waals surface area contributed by atoms with E-state index in [0.29, 0.717) is 6.42 Å². The number of sulfonamides is 1. The van der Waals surface area contributed by atoms with Crippen LogP contribution in [-0.2, 0) is 28.4 Å². The van der Waals surface area contributed by atoms with E-state index in [1.807, 2.05) is 18.2 Å². The van der Waals surface area contributed by atoms with Crippen LogP contribution in [-0.4, -0.2) is 53.8 Å². The molecule has 4 rings (SSSR count). The lowest BCUT2D eigenvalue weighted by atomic mass is 9.77. The number of carbonyl (C=O) groups excluding carboxylic acids is 1. The standard InChI is InChI=1S/C22H23N5O4S/c1-3-9-31-20-13-24-18(12-25-20)19(28)11-15-6-7-16-5-4-8-22(17(16)10-15)14-32(29,30)27(2)21(23)26-22/h1,6-7,10,12-13H,4-5,8-9,11,14H2,2H3,(H2,23,26)/t22-/m0/s1. The molecule has 2 aromatic rings. The van der Waals surface area contributed by atoms with Crippen molar-refractivity contribution >= 4 is 21.8 Å². The van der Waals surface area contributed by atoms with Crippen LogP contribution in [0.25, 0.3) is 0 Å². The molecule has 0 unspecified atom stereocenters. The summed E-state index contributed by atoms with van der Waals surface area (Å²) in [5.74, 6) is 2.19. The van der Waals surface area contributed by atoms with E-state index in [9.17, 15) is 13.2 Å². The molecule has 0 saturated heterocycles. The van der Waals surface area contributed by atoms with Gasteiger partial charge in [-0.05, 0) is 36.0 Å². The molecule has 0 radical (unpaired) electrons. The smallest absolute Gasteiger partial charge is 0.239 e. The number of aliphatic imine (C=N–C) groups is 1. The van der Waals surface area contributed by atoms with Gasteiger partial charge in [-0.2, -0.15) is 0 Å². The molecule has 0 bridgehead atoms. The zero-order chi connectivity index (χ0) is 22.9. The van der Waals surface area contributed by atoms with Crippen LogP contribution >= 0.6 is 0 Å². The maximum atomic E-state index is 12.7. The van der Waals surface area contributed by atoms with Gasteiger partial charge < -0.3 is 10.5 Å². The van der Waals surface area contributed by atoms with Gasteiger partial charge in [-0.1, -0.05) is 24.1 Å². The van der Waals surface area contributed by atoms with Crippen LogP contribution in [0.3, 0.4) is 0 Å². The molecule has 32 heavy (non-hydrogen) atoms. The molecule has 0 fully saturated rings. The van der Waals surface area contributed by atoms with Gasteiger partial charge in [0.25, 0.3) is 0 Å². The fraction of sp³-hybridized carbons (Fsp3) is 0.364. The SMILES string of the molecule is C#CCOc1cnc(C(=O)Cc2ccc3c(c2)[C@]2(CCC3)CS(=O)(=O)N(C)C(N)=N2)cn1. The Morgan fingerprint density at radius 1 is 1.34 bits per heavy atom. The highest BCUT2D eigenvalue weighted by atomic mass is 32.2. The van der Waals surface area contributed by atoms with E-state index in [1.54, 1.807) is 0 Å². The zero-order valence-corrected chi connectivity index (χ0v) is 18.4. The first-order valence-electron chi connectivity index (χ1n) is 10.1. The Hall–Kier alpha value is -3.45. The predicted octanol–water partition coefficient (Wildman–Crippen LogP) is 1.04. The minimum Gasteiger partial charge on any atom is -0.463 e. The number of benzene rings is 1. The lowest BCUT2D eigenvalue weighted by molar-refractivity contribution is 0.0987. The number of hydrogen-bond acceptors (Lipinski definition) is 8. The fourth-order valence-electron chi connectivity index (χ4n) is 4.15. The van der Waals surface area contributed by atoms with Crippen molar-refractivity contribution in [2.24, 2.45) is 10.7 Å². The maximum absolute atomic E-state index is 12.7. The lowest BCUT2D eigenvalue weighted by Gasteiger charge is -2.40. The van der Waals surface area contributed by atoms with E-state index in [1.165, 1.54) is 19.4 Å². The third-order valence-corrected chi connectivity index (χ3v) is 7.65. The Morgan fingerprint density at radius 3 is 2.84 bits per heavy atom. The number of hydrogen-bond donors (Lipinski definition) is 1. The molecule has 1 aliphatic heterocycles. The van der Waals surface area contributed by atoms with Crippen LogP contribution < -0.4 is 10.5 Å². The summed E-state index contributed by atoms with van der Waals surface area (Å²) in [6.45, 7) is 0.0668. The van der Waals surface area contributed by atoms with Crippen molar-refractivity contribution in [3.8, 4) is 18.2 Å². The quantitative estimate of drug-likeness (QED) is 0.529. The first-order chi connectivity index (χ1) is 15.2. The second-order valence-electron chi connectivity index (χ2n) is 7.90. The van der Waals surface area contributed by atoms with Gasteiger partial charge in [0.1, 0.15) is 11.2 Å². The number of nitrogens with zero attached hydrogens (tertiary/aromatic N) is 4. The van der Waals surface area contributed by atoms with Crippen LogP contribution in [0.1, 0.15) is 40.0 Å². The van der Waals surface area contributed by atoms with E-state index in [2.05, 4.69) is 20.9 Å². The number of terminal acetylenes is 1. The van der Waals surface area contributed by atoms with Gasteiger partial charge in [-0.25, -0.2) is 27.7 Å². The van der Waals surface area contributed by atoms with Crippen molar-refractivity contribution in [1.29, 1.82) is 0 Å². The summed E-state index contributed by atoms with van der Waals surface area (Å²) in [7, 11) is -2.18. The molecule has 0 amide bonds. The summed E-state index contributed by atoms with van der Waals surface area (Å²) in [4.78, 5) is 25.5. The van der Waals surface area contributed by atoms with E-state index >= 15 is 0 Å². The highest BCUT2D eigenvalue weighted by molar-refractivity contribution is 7.89. The third kappa shape index (κ3) is 4.03. The highest BCUT2D eigenvalue weighted by Gasteiger charge is 2.45. The normalized spacial score (nSPS) is 21.4. The van der Waals surface area contributed by atoms with Gasteiger partial charge in [0.2, 0.25) is 21.9 Å². The number of aryl methyl sites for hydroxylation is 1. The Balaban J connectivity index is 1.62. The molecule has 10 heteroatoms. The molecule has 1 aromatic carbocycles. The molecule has 1 aliphatic carbocycles. The Labute approximate surface area is 186 Å². The van der Waals surface area contributed by atoms with Crippen molar-refractivity contribution < 1.29 is 17.9 Å². The summed E-state index contributed by atoms with van der Waals surface area (Å²) >= 11 is 0. The van der Waals surface area contributed by atoms with Gasteiger partial charge in [-0.3, -0.25) is 4.79 Å². The van der Waals surface area contributed by atoms with Crippen LogP contribution in [0, 0.1) is 12.3 Å². The molecule has 0 saturated carbocycles. The van der Waals surface area contributed by atoms with E-state index in [-0.39, 0.29) is 42.1 Å². The molecule has 166 valence electrons. The van der Waals surface area contributed by atoms with Gasteiger partial charge in [0.05, 0.1) is 18.1 Å². The van der Waals surface area contributed by atoms with Crippen LogP contribution in [0.2, 0.25) is 0 Å². The third-order valence-electron chi connectivity index (χ3n) is 5.78. The lowest BCUT2D eigenvalue weighted by Crippen LogP contribution is -2.52. The largest absolute Gasteiger partial charge is 0.463 e. The molecule has 1 aromatic heterocycles. The molecule has 1 atom stereocenters. The molecular formula is C22H23N5O4S. The summed E-state index contributed by atoms with van der Waals surface area (Å²) in [5.41, 5.74) is 7.82. The monoisotopic (exact) mass is 453 g/mol. The summed E-state index contributed by atoms with van der Waals surface area (Å²) in [6.07, 6.45) is 10.1. The number of Topliss-reactive ketones (excluding diaryl/α,β-unsaturated/α-hetero) is 1. The second kappa shape index (κ2) is 8.24. The maximum Gasteiger partial charge on any atom is 0.239 e. The molecular weight excluding hydrogens is 430 g/mol. The number of guanidine groups is 1. The molecule has 2 aliphatic rings. The van der Waals surface area contributed by atoms with Gasteiger partial charge in [0, 0.05) is 13.5 Å². The van der Waals surface area contributed by atoms with Gasteiger partial charge in [0.15, 0.2) is 12.4 Å². The van der Waals surface area contributed by atoms with Crippen molar-refractivity contribution in [2.75, 3.05) is 19.4 Å². The molecule has 1 spiro atoms. The second-order valence-corrected chi connectivity index (χ2v) is 9.90. The van der Waals surface area contributed by atoms with Gasteiger partial charge >= 0.3 is 0 Å². The Morgan fingerprint density at radius 2 is 2.16 bits per heavy atom. The number of rotatable bonds is 5. The van der Waals surface area contributed by atoms with Crippen molar-refractivity contribution in [2.45, 2.75) is 31.2 Å². The van der Waals surface area contributed by atoms with Crippen molar-refractivity contribution in [3.05, 3.63) is 53.0 Å². The number of nitrogens with two attached hydrogens (primary N) is 1. The highest BCUT2D eigenvalue weighted by Crippen LogP contribution is 2.42. The first-order valence-corrected chi connectivity index (χ1v) is 11.7.